The topological polar surface area (TPSA) is 116 Å². The van der Waals surface area contributed by atoms with Gasteiger partial charge in [-0.2, -0.15) is 0 Å². The number of carbonyl (C=O) groups excluding carboxylic acids is 1. The third-order valence-electron chi connectivity index (χ3n) is 6.53. The number of halogens is 2. The Balaban J connectivity index is 1.41. The van der Waals surface area contributed by atoms with Crippen LogP contribution in [0.3, 0.4) is 0 Å². The number of hydrogen-bond acceptors (Lipinski definition) is 8. The predicted molar refractivity (Wildman–Crippen MR) is 139 cm³/mol. The molecule has 2 fully saturated rings. The average molecular weight is 617 g/mol. The molecule has 2 heterocycles. The molecule has 1 amide bonds. The SMILES string of the molecule is C[C@@H]1CN(c2ccc(S(C)(=O)=O)cc2F)CCN1c1nccc(C(=O)NC2CCC(O)(I)CC2)n1. The van der Waals surface area contributed by atoms with Gasteiger partial charge < -0.3 is 20.2 Å². The molecule has 35 heavy (non-hydrogen) atoms. The first-order valence-corrected chi connectivity index (χ1v) is 14.5. The van der Waals surface area contributed by atoms with Gasteiger partial charge in [0.05, 0.1) is 10.6 Å². The number of anilines is 2. The smallest absolute Gasteiger partial charge is 0.270 e. The van der Waals surface area contributed by atoms with E-state index in [1.165, 1.54) is 12.1 Å². The molecule has 1 aliphatic heterocycles. The van der Waals surface area contributed by atoms with Crippen LogP contribution in [0.4, 0.5) is 16.0 Å². The van der Waals surface area contributed by atoms with Crippen LogP contribution in [0.5, 0.6) is 0 Å². The van der Waals surface area contributed by atoms with Gasteiger partial charge in [-0.3, -0.25) is 4.79 Å². The van der Waals surface area contributed by atoms with E-state index in [1.54, 1.807) is 12.3 Å². The van der Waals surface area contributed by atoms with Crippen molar-refractivity contribution in [1.82, 2.24) is 15.3 Å². The lowest BCUT2D eigenvalue weighted by Crippen LogP contribution is -2.53. The Morgan fingerprint density at radius 1 is 1.26 bits per heavy atom. The van der Waals surface area contributed by atoms with Crippen molar-refractivity contribution in [3.63, 3.8) is 0 Å². The number of sulfone groups is 1. The van der Waals surface area contributed by atoms with Crippen molar-refractivity contribution in [2.24, 2.45) is 0 Å². The molecule has 1 saturated heterocycles. The zero-order chi connectivity index (χ0) is 25.4. The third-order valence-corrected chi connectivity index (χ3v) is 8.72. The molecule has 2 aliphatic rings. The van der Waals surface area contributed by atoms with Crippen molar-refractivity contribution >= 4 is 50.0 Å². The minimum atomic E-state index is -3.48. The number of nitrogens with one attached hydrogen (secondary N) is 1. The Bertz CT molecular complexity index is 1200. The van der Waals surface area contributed by atoms with Crippen molar-refractivity contribution in [2.45, 2.75) is 53.2 Å². The Kier molecular flexibility index (Phi) is 7.53. The molecule has 1 aromatic heterocycles. The standard InChI is InChI=1S/C23H29FIN5O4S/c1-15-14-29(20-4-3-17(13-18(20)24)35(2,33)34)11-12-30(15)22-26-10-7-19(28-22)21(31)27-16-5-8-23(25,32)9-6-16/h3-4,7,10,13,15-16,32H,5-6,8-9,11-12,14H2,1-2H3,(H,27,31)/t15-,16?,23?/m1/s1. The fourth-order valence-electron chi connectivity index (χ4n) is 4.53. The Morgan fingerprint density at radius 2 is 1.97 bits per heavy atom. The van der Waals surface area contributed by atoms with E-state index in [9.17, 15) is 22.7 Å². The first-order valence-electron chi connectivity index (χ1n) is 11.5. The van der Waals surface area contributed by atoms with Crippen LogP contribution in [-0.4, -0.2) is 71.0 Å². The Labute approximate surface area is 218 Å². The lowest BCUT2D eigenvalue weighted by Gasteiger charge is -2.41. The van der Waals surface area contributed by atoms with Crippen molar-refractivity contribution in [3.8, 4) is 0 Å². The van der Waals surface area contributed by atoms with E-state index in [1.807, 2.05) is 16.7 Å². The van der Waals surface area contributed by atoms with Crippen LogP contribution < -0.4 is 15.1 Å². The molecule has 2 aromatic rings. The van der Waals surface area contributed by atoms with Gasteiger partial charge >= 0.3 is 0 Å². The van der Waals surface area contributed by atoms with Crippen LogP contribution in [-0.2, 0) is 9.84 Å². The van der Waals surface area contributed by atoms with Gasteiger partial charge in [0.1, 0.15) is 15.1 Å². The number of aliphatic hydroxyl groups is 1. The summed E-state index contributed by atoms with van der Waals surface area (Å²) in [6.07, 6.45) is 5.30. The normalized spacial score (nSPS) is 25.4. The molecule has 0 spiro atoms. The second kappa shape index (κ2) is 10.1. The van der Waals surface area contributed by atoms with E-state index >= 15 is 0 Å². The third kappa shape index (κ3) is 6.20. The summed E-state index contributed by atoms with van der Waals surface area (Å²) < 4.78 is 37.4. The number of alkyl halides is 1. The monoisotopic (exact) mass is 617 g/mol. The molecule has 4 rings (SSSR count). The lowest BCUT2D eigenvalue weighted by molar-refractivity contribution is 0.0822. The second-order valence-electron chi connectivity index (χ2n) is 9.28. The van der Waals surface area contributed by atoms with Crippen molar-refractivity contribution < 1.29 is 22.7 Å². The van der Waals surface area contributed by atoms with Gasteiger partial charge in [0.25, 0.3) is 5.91 Å². The number of amides is 1. The van der Waals surface area contributed by atoms with E-state index in [4.69, 9.17) is 0 Å². The van der Waals surface area contributed by atoms with Crippen LogP contribution in [0, 0.1) is 5.82 Å². The summed E-state index contributed by atoms with van der Waals surface area (Å²) in [6.45, 7) is 3.45. The summed E-state index contributed by atoms with van der Waals surface area (Å²) in [7, 11) is -3.48. The minimum Gasteiger partial charge on any atom is -0.380 e. The molecule has 9 nitrogen and oxygen atoms in total. The maximum atomic E-state index is 14.7. The molecule has 190 valence electrons. The van der Waals surface area contributed by atoms with Gasteiger partial charge in [0, 0.05) is 44.2 Å². The van der Waals surface area contributed by atoms with Gasteiger partial charge in [-0.05, 0) is 79.5 Å². The maximum absolute atomic E-state index is 14.7. The number of hydrogen-bond donors (Lipinski definition) is 2. The predicted octanol–water partition coefficient (Wildman–Crippen LogP) is 2.53. The Hall–Kier alpha value is -2.06. The lowest BCUT2D eigenvalue weighted by atomic mass is 9.93. The molecule has 1 aromatic carbocycles. The zero-order valence-corrected chi connectivity index (χ0v) is 22.6. The van der Waals surface area contributed by atoms with Crippen LogP contribution in [0.1, 0.15) is 43.1 Å². The number of benzene rings is 1. The fraction of sp³-hybridized carbons (Fsp3) is 0.522. The first-order chi connectivity index (χ1) is 16.4. The fourth-order valence-corrected chi connectivity index (χ4v) is 5.78. The number of rotatable bonds is 5. The van der Waals surface area contributed by atoms with Gasteiger partial charge in [-0.15, -0.1) is 0 Å². The first kappa shape index (κ1) is 26.0. The Morgan fingerprint density at radius 3 is 2.60 bits per heavy atom. The molecule has 1 aliphatic carbocycles. The van der Waals surface area contributed by atoms with Crippen molar-refractivity contribution in [3.05, 3.63) is 42.0 Å². The molecule has 1 saturated carbocycles. The zero-order valence-electron chi connectivity index (χ0n) is 19.6. The number of nitrogens with zero attached hydrogens (tertiary/aromatic N) is 4. The number of carbonyl (C=O) groups is 1. The number of aromatic nitrogens is 2. The summed E-state index contributed by atoms with van der Waals surface area (Å²) in [5.41, 5.74) is 0.631. The highest BCUT2D eigenvalue weighted by Gasteiger charge is 2.32. The molecule has 0 radical (unpaired) electrons. The molecular weight excluding hydrogens is 588 g/mol. The van der Waals surface area contributed by atoms with E-state index in [-0.39, 0.29) is 28.6 Å². The van der Waals surface area contributed by atoms with E-state index < -0.39 is 19.3 Å². The van der Waals surface area contributed by atoms with Gasteiger partial charge in [0.2, 0.25) is 5.95 Å². The van der Waals surface area contributed by atoms with Gasteiger partial charge in [-0.25, -0.2) is 22.8 Å². The van der Waals surface area contributed by atoms with Crippen molar-refractivity contribution in [2.75, 3.05) is 35.7 Å². The second-order valence-corrected chi connectivity index (χ2v) is 13.3. The summed E-state index contributed by atoms with van der Waals surface area (Å²) in [5, 5.41) is 13.1. The van der Waals surface area contributed by atoms with Crippen LogP contribution >= 0.6 is 22.6 Å². The summed E-state index contributed by atoms with van der Waals surface area (Å²) in [5.74, 6) is -0.410. The van der Waals surface area contributed by atoms with Crippen LogP contribution in [0.2, 0.25) is 0 Å². The van der Waals surface area contributed by atoms with Gasteiger partial charge in [0.15, 0.2) is 9.84 Å². The summed E-state index contributed by atoms with van der Waals surface area (Å²) >= 11 is 2.06. The van der Waals surface area contributed by atoms with E-state index in [0.717, 1.165) is 12.3 Å². The molecular formula is C23H29FIN5O4S. The summed E-state index contributed by atoms with van der Waals surface area (Å²) in [6, 6.07) is 5.48. The highest BCUT2D eigenvalue weighted by molar-refractivity contribution is 14.1. The average Bonchev–Trinajstić information content (AvgIpc) is 2.80. The minimum absolute atomic E-state index is 0.00223. The molecule has 12 heteroatoms. The quantitative estimate of drug-likeness (QED) is 0.389. The van der Waals surface area contributed by atoms with Crippen LogP contribution in [0.15, 0.2) is 35.4 Å². The molecule has 1 atom stereocenters. The summed E-state index contributed by atoms with van der Waals surface area (Å²) in [4.78, 5) is 25.4. The van der Waals surface area contributed by atoms with E-state index in [2.05, 4.69) is 37.9 Å². The highest BCUT2D eigenvalue weighted by Crippen LogP contribution is 2.34. The maximum Gasteiger partial charge on any atom is 0.270 e. The molecule has 2 N–H and O–H groups in total. The molecule has 0 unspecified atom stereocenters. The van der Waals surface area contributed by atoms with Crippen molar-refractivity contribution in [1.29, 1.82) is 0 Å². The molecule has 0 bridgehead atoms. The highest BCUT2D eigenvalue weighted by atomic mass is 127. The number of piperazine rings is 1. The van der Waals surface area contributed by atoms with Gasteiger partial charge in [-0.1, -0.05) is 0 Å². The largest absolute Gasteiger partial charge is 0.380 e. The van der Waals surface area contributed by atoms with Crippen LogP contribution in [0.25, 0.3) is 0 Å². The van der Waals surface area contributed by atoms with E-state index in [0.29, 0.717) is 57.0 Å².